The lowest BCUT2D eigenvalue weighted by molar-refractivity contribution is -0.136. The Labute approximate surface area is 423 Å². The highest BCUT2D eigenvalue weighted by molar-refractivity contribution is 8.77. The second-order valence-electron chi connectivity index (χ2n) is 18.1. The summed E-state index contributed by atoms with van der Waals surface area (Å²) in [5, 5.41) is 19.3. The molecule has 21 nitrogen and oxygen atoms in total. The van der Waals surface area contributed by atoms with E-state index in [9.17, 15) is 38.4 Å². The molecule has 1 saturated carbocycles. The molecule has 1 unspecified atom stereocenters. The van der Waals surface area contributed by atoms with Crippen LogP contribution in [0.25, 0.3) is 0 Å². The Morgan fingerprint density at radius 2 is 1.38 bits per heavy atom. The number of carbonyl (C=O) groups excluding carboxylic acids is 8. The topological polar surface area (TPSA) is 346 Å². The van der Waals surface area contributed by atoms with Crippen LogP contribution in [0.4, 0.5) is 0 Å². The largest absolute Gasteiger partial charge is 0.494 e. The molecule has 2 aromatic rings. The molecule has 6 atom stereocenters. The molecular formula is C48H72N12O9S2. The second kappa shape index (κ2) is 29.3. The normalized spacial score (nSPS) is 22.0. The smallest absolute Gasteiger partial charge is 0.243 e. The maximum Gasteiger partial charge on any atom is 0.243 e. The first-order valence-corrected chi connectivity index (χ1v) is 26.4. The van der Waals surface area contributed by atoms with Crippen LogP contribution < -0.4 is 64.9 Å². The van der Waals surface area contributed by atoms with Gasteiger partial charge in [0.05, 0.1) is 19.1 Å². The van der Waals surface area contributed by atoms with Gasteiger partial charge in [-0.2, -0.15) is 0 Å². The molecule has 1 saturated heterocycles. The molecular weight excluding hydrogens is 953 g/mol. The number of carbonyl (C=O) groups is 8. The van der Waals surface area contributed by atoms with Crippen molar-refractivity contribution in [3.05, 3.63) is 65.7 Å². The van der Waals surface area contributed by atoms with E-state index in [0.717, 1.165) is 24.8 Å². The molecule has 23 heteroatoms. The van der Waals surface area contributed by atoms with Gasteiger partial charge >= 0.3 is 0 Å². The fourth-order valence-corrected chi connectivity index (χ4v) is 11.5. The van der Waals surface area contributed by atoms with Crippen molar-refractivity contribution in [2.75, 3.05) is 32.0 Å². The zero-order valence-electron chi connectivity index (χ0n) is 40.8. The Balaban J connectivity index is 1.67. The third-order valence-electron chi connectivity index (χ3n) is 11.9. The van der Waals surface area contributed by atoms with Gasteiger partial charge in [0.25, 0.3) is 0 Å². The molecule has 1 aliphatic heterocycles. The molecule has 2 aliphatic rings. The number of nitrogens with one attached hydrogen (secondary N) is 7. The monoisotopic (exact) mass is 1020 g/mol. The molecule has 8 amide bonds. The molecule has 2 aromatic carbocycles. The number of guanidine groups is 1. The molecule has 0 bridgehead atoms. The fourth-order valence-electron chi connectivity index (χ4n) is 8.11. The lowest BCUT2D eigenvalue weighted by Crippen LogP contribution is -2.61. The Kier molecular flexibility index (Phi) is 23.7. The summed E-state index contributed by atoms with van der Waals surface area (Å²) in [4.78, 5) is 114. The summed E-state index contributed by atoms with van der Waals surface area (Å²) in [6, 6.07) is 8.80. The van der Waals surface area contributed by atoms with Crippen molar-refractivity contribution in [3.8, 4) is 5.75 Å². The molecule has 4 rings (SSSR count). The number of primary amides is 1. The first-order valence-electron chi connectivity index (χ1n) is 24.1. The zero-order chi connectivity index (χ0) is 51.9. The Morgan fingerprint density at radius 1 is 0.775 bits per heavy atom. The zero-order valence-corrected chi connectivity index (χ0v) is 42.4. The van der Waals surface area contributed by atoms with Crippen LogP contribution in [0.15, 0.2) is 59.6 Å². The molecule has 1 spiro atoms. The summed E-state index contributed by atoms with van der Waals surface area (Å²) in [5.74, 6) is -5.52. The highest BCUT2D eigenvalue weighted by Gasteiger charge is 2.39. The third-order valence-corrected chi connectivity index (χ3v) is 15.2. The van der Waals surface area contributed by atoms with Gasteiger partial charge in [-0.05, 0) is 61.8 Å². The Hall–Kier alpha value is -6.07. The predicted octanol–water partition coefficient (Wildman–Crippen LogP) is -0.0728. The first kappa shape index (κ1) is 57.5. The maximum atomic E-state index is 14.5. The summed E-state index contributed by atoms with van der Waals surface area (Å²) in [6.07, 6.45) is 4.14. The summed E-state index contributed by atoms with van der Waals surface area (Å²) >= 11 is 0. The van der Waals surface area contributed by atoms with E-state index in [0.29, 0.717) is 50.1 Å². The number of rotatable bonds is 18. The van der Waals surface area contributed by atoms with E-state index in [1.54, 1.807) is 62.4 Å². The van der Waals surface area contributed by atoms with Crippen molar-refractivity contribution in [2.24, 2.45) is 33.8 Å². The Bertz CT molecular complexity index is 2140. The first-order chi connectivity index (χ1) is 33.9. The minimum atomic E-state index is -1.57. The third kappa shape index (κ3) is 19.9. The summed E-state index contributed by atoms with van der Waals surface area (Å²) in [7, 11) is 2.69. The van der Waals surface area contributed by atoms with Gasteiger partial charge in [-0.25, -0.2) is 0 Å². The van der Waals surface area contributed by atoms with Crippen LogP contribution in [0, 0.1) is 5.92 Å². The summed E-state index contributed by atoms with van der Waals surface area (Å²) in [5.41, 5.74) is 23.7. The number of hydrogen-bond donors (Lipinski definition) is 11. The van der Waals surface area contributed by atoms with Crippen molar-refractivity contribution in [1.82, 2.24) is 37.2 Å². The predicted molar refractivity (Wildman–Crippen MR) is 274 cm³/mol. The van der Waals surface area contributed by atoms with Gasteiger partial charge in [0.2, 0.25) is 47.3 Å². The lowest BCUT2D eigenvalue weighted by Gasteiger charge is -2.36. The lowest BCUT2D eigenvalue weighted by atomic mass is 9.85. The van der Waals surface area contributed by atoms with Gasteiger partial charge in [0.15, 0.2) is 5.96 Å². The standard InChI is InChI=1S/C48H72N12O9S2/c1-4-69-32-17-15-31(16-18-32)25-34-43(65)57-35(24-30-12-7-5-8-13-30)45(67)60-40(29(2)3)46(68)58-36(26-38(50)61)44(66)59-37(28-70-71-48(27-39(62)56-34)19-9-6-10-20-48)42(64)54-23-22-53-41(63)33(49)14-11-21-55-47(51)52/h5,7-8,12-13,15-18,29,33-37,40H,4,6,9-11,14,19-28,49H2,1-3H3,(H2,50,61)(H,53,63)(H,54,64)(H,56,62)(H,57,65)(H,58,68)(H,59,66)(H,60,67)(H4,51,52,55)/t33?,34-,35+,36+,37+,40-/m0/s1. The van der Waals surface area contributed by atoms with Crippen LogP contribution in [0.2, 0.25) is 0 Å². The number of aliphatic imine (C=N–C) groups is 1. The SMILES string of the molecule is CCOc1ccc(C[C@@H]2NC(=O)CC3(CCCCC3)SSC[C@H](C(=O)NCCNC(=O)C(N)CCCN=C(N)N)NC(=O)[C@@H](CC(N)=O)NC(=O)[C@H](C(C)C)NC(=O)[C@@H](Cc3ccccc3)NC2=O)cc1. The minimum Gasteiger partial charge on any atom is -0.494 e. The number of nitrogens with zero attached hydrogens (tertiary/aromatic N) is 1. The number of amides is 8. The fraction of sp³-hybridized carbons (Fsp3) is 0.562. The number of benzene rings is 2. The maximum absolute atomic E-state index is 14.5. The van der Waals surface area contributed by atoms with Crippen molar-refractivity contribution in [2.45, 2.75) is 132 Å². The van der Waals surface area contributed by atoms with Gasteiger partial charge in [-0.15, -0.1) is 0 Å². The van der Waals surface area contributed by atoms with Crippen LogP contribution in [-0.4, -0.2) is 126 Å². The van der Waals surface area contributed by atoms with E-state index < -0.39 is 101 Å². The molecule has 0 aromatic heterocycles. The quantitative estimate of drug-likeness (QED) is 0.0403. The number of hydrogen-bond acceptors (Lipinski definition) is 13. The summed E-state index contributed by atoms with van der Waals surface area (Å²) in [6.45, 7) is 5.91. The van der Waals surface area contributed by atoms with Crippen molar-refractivity contribution in [1.29, 1.82) is 0 Å². The summed E-state index contributed by atoms with van der Waals surface area (Å²) < 4.78 is 4.99. The van der Waals surface area contributed by atoms with Crippen molar-refractivity contribution < 1.29 is 43.1 Å². The molecule has 2 fully saturated rings. The van der Waals surface area contributed by atoms with E-state index in [1.165, 1.54) is 21.6 Å². The van der Waals surface area contributed by atoms with Gasteiger partial charge in [0.1, 0.15) is 36.0 Å². The molecule has 71 heavy (non-hydrogen) atoms. The van der Waals surface area contributed by atoms with Crippen LogP contribution in [0.5, 0.6) is 5.75 Å². The Morgan fingerprint density at radius 3 is 2.01 bits per heavy atom. The average Bonchev–Trinajstić information content (AvgIpc) is 3.32. The molecule has 1 aliphatic carbocycles. The highest BCUT2D eigenvalue weighted by atomic mass is 33.1. The molecule has 390 valence electrons. The second-order valence-corrected chi connectivity index (χ2v) is 20.9. The average molecular weight is 1030 g/mol. The molecule has 1 heterocycles. The van der Waals surface area contributed by atoms with Gasteiger partial charge < -0.3 is 64.9 Å². The van der Waals surface area contributed by atoms with Crippen molar-refractivity contribution >= 4 is 74.8 Å². The van der Waals surface area contributed by atoms with Crippen LogP contribution in [0.3, 0.4) is 0 Å². The van der Waals surface area contributed by atoms with Gasteiger partial charge in [-0.3, -0.25) is 43.3 Å². The van der Waals surface area contributed by atoms with Crippen LogP contribution in [0.1, 0.15) is 89.7 Å². The van der Waals surface area contributed by atoms with E-state index in [4.69, 9.17) is 27.7 Å². The number of nitrogens with two attached hydrogens (primary N) is 4. The van der Waals surface area contributed by atoms with Crippen LogP contribution >= 0.6 is 21.6 Å². The van der Waals surface area contributed by atoms with Gasteiger partial charge in [-0.1, -0.05) is 97.2 Å². The van der Waals surface area contributed by atoms with E-state index in [1.807, 2.05) is 13.0 Å². The molecule has 0 radical (unpaired) electrons. The van der Waals surface area contributed by atoms with Crippen LogP contribution in [-0.2, 0) is 51.2 Å². The van der Waals surface area contributed by atoms with Crippen molar-refractivity contribution in [3.63, 3.8) is 0 Å². The van der Waals surface area contributed by atoms with E-state index in [2.05, 4.69) is 42.2 Å². The molecule has 15 N–H and O–H groups in total. The van der Waals surface area contributed by atoms with E-state index >= 15 is 0 Å². The number of ether oxygens (including phenoxy) is 1. The highest BCUT2D eigenvalue weighted by Crippen LogP contribution is 2.48. The van der Waals surface area contributed by atoms with E-state index in [-0.39, 0.29) is 44.1 Å². The van der Waals surface area contributed by atoms with Gasteiger partial charge in [0, 0.05) is 49.4 Å². The minimum absolute atomic E-state index is 0.000566.